The first kappa shape index (κ1) is 11.5. The minimum atomic E-state index is -1.26. The Morgan fingerprint density at radius 3 is 2.17 bits per heavy atom. The van der Waals surface area contributed by atoms with Gasteiger partial charge in [-0.1, -0.05) is 0 Å². The van der Waals surface area contributed by atoms with Crippen molar-refractivity contribution in [1.82, 2.24) is 0 Å². The van der Waals surface area contributed by atoms with Crippen molar-refractivity contribution in [2.75, 3.05) is 6.61 Å². The zero-order chi connectivity index (χ0) is 9.56. The number of hydrogen-bond acceptors (Lipinski definition) is 5. The Bertz CT molecular complexity index is 127. The molecule has 0 rings (SSSR count). The minimum Gasteiger partial charge on any atom is -0.394 e. The summed E-state index contributed by atoms with van der Waals surface area (Å²) in [6.07, 6.45) is -3.06. The second kappa shape index (κ2) is 6.07. The maximum absolute atomic E-state index is 9.88. The molecule has 0 spiro atoms. The fraction of sp³-hybridized carbons (Fsp3) is 0.857. The highest BCUT2D eigenvalue weighted by Gasteiger charge is 2.18. The quantitative estimate of drug-likeness (QED) is 0.354. The van der Waals surface area contributed by atoms with Crippen LogP contribution in [-0.2, 0) is 4.79 Å². The zero-order valence-electron chi connectivity index (χ0n) is 6.63. The van der Waals surface area contributed by atoms with Crippen LogP contribution in [0.25, 0.3) is 0 Å². The van der Waals surface area contributed by atoms with Gasteiger partial charge >= 0.3 is 0 Å². The van der Waals surface area contributed by atoms with Crippen LogP contribution < -0.4 is 0 Å². The van der Waals surface area contributed by atoms with Crippen LogP contribution in [0.4, 0.5) is 0 Å². The van der Waals surface area contributed by atoms with Gasteiger partial charge in [-0.05, 0) is 0 Å². The van der Waals surface area contributed by atoms with Crippen LogP contribution in [-0.4, -0.2) is 51.6 Å². The zero-order valence-corrected chi connectivity index (χ0v) is 6.63. The average Bonchev–Trinajstić information content (AvgIpc) is 2.03. The summed E-state index contributed by atoms with van der Waals surface area (Å²) in [4.78, 5) is 9.88. The molecule has 0 bridgehead atoms. The topological polar surface area (TPSA) is 98.0 Å². The van der Waals surface area contributed by atoms with Crippen LogP contribution in [0.2, 0.25) is 0 Å². The van der Waals surface area contributed by atoms with Crippen LogP contribution in [0, 0.1) is 0 Å². The molecule has 0 aliphatic heterocycles. The molecule has 0 radical (unpaired) electrons. The Balaban J connectivity index is 3.66. The van der Waals surface area contributed by atoms with Crippen LogP contribution in [0.3, 0.4) is 0 Å². The van der Waals surface area contributed by atoms with Gasteiger partial charge in [-0.25, -0.2) is 0 Å². The van der Waals surface area contributed by atoms with Crippen molar-refractivity contribution in [3.63, 3.8) is 0 Å². The molecule has 0 aromatic rings. The third-order valence-corrected chi connectivity index (χ3v) is 1.51. The summed E-state index contributed by atoms with van der Waals surface area (Å²) in [5, 5.41) is 35.2. The second-order valence-electron chi connectivity index (χ2n) is 2.61. The molecule has 3 unspecified atom stereocenters. The summed E-state index contributed by atoms with van der Waals surface area (Å²) in [5.74, 6) is 0. The molecule has 3 atom stereocenters. The predicted octanol–water partition coefficient (Wildman–Crippen LogP) is -1.96. The van der Waals surface area contributed by atoms with Crippen LogP contribution in [0.15, 0.2) is 0 Å². The monoisotopic (exact) mass is 178 g/mol. The molecule has 0 saturated heterocycles. The van der Waals surface area contributed by atoms with E-state index in [9.17, 15) is 4.79 Å². The third kappa shape index (κ3) is 4.40. The first-order valence-corrected chi connectivity index (χ1v) is 3.70. The summed E-state index contributed by atoms with van der Waals surface area (Å²) in [5.41, 5.74) is 0. The molecular weight excluding hydrogens is 164 g/mol. The summed E-state index contributed by atoms with van der Waals surface area (Å²) in [7, 11) is 0. The Labute approximate surface area is 70.3 Å². The number of rotatable bonds is 6. The maximum Gasteiger partial charge on any atom is 0.122 e. The van der Waals surface area contributed by atoms with Gasteiger partial charge < -0.3 is 25.2 Å². The van der Waals surface area contributed by atoms with Crippen molar-refractivity contribution >= 4 is 6.29 Å². The lowest BCUT2D eigenvalue weighted by Crippen LogP contribution is -2.32. The van der Waals surface area contributed by atoms with E-state index < -0.39 is 24.9 Å². The number of hydrogen-bond donors (Lipinski definition) is 4. The highest BCUT2D eigenvalue weighted by atomic mass is 16.4. The van der Waals surface area contributed by atoms with Gasteiger partial charge in [-0.2, -0.15) is 0 Å². The van der Waals surface area contributed by atoms with Gasteiger partial charge in [-0.3, -0.25) is 0 Å². The van der Waals surface area contributed by atoms with Gasteiger partial charge in [0, 0.05) is 12.8 Å². The Morgan fingerprint density at radius 1 is 1.17 bits per heavy atom. The first-order chi connectivity index (χ1) is 5.61. The SMILES string of the molecule is O=CCC(O)CC(O)C(O)CO. The van der Waals surface area contributed by atoms with Crippen molar-refractivity contribution in [3.05, 3.63) is 0 Å². The van der Waals surface area contributed by atoms with Crippen LogP contribution in [0.5, 0.6) is 0 Å². The molecule has 0 heterocycles. The van der Waals surface area contributed by atoms with E-state index >= 15 is 0 Å². The molecular formula is C7H14O5. The van der Waals surface area contributed by atoms with E-state index in [-0.39, 0.29) is 12.8 Å². The summed E-state index contributed by atoms with van der Waals surface area (Å²) < 4.78 is 0. The Morgan fingerprint density at radius 2 is 1.75 bits per heavy atom. The fourth-order valence-electron chi connectivity index (χ4n) is 0.765. The summed E-state index contributed by atoms with van der Waals surface area (Å²) in [6.45, 7) is -0.561. The minimum absolute atomic E-state index is 0.0742. The van der Waals surface area contributed by atoms with E-state index in [1.54, 1.807) is 0 Å². The second-order valence-corrected chi connectivity index (χ2v) is 2.61. The Kier molecular flexibility index (Phi) is 5.83. The maximum atomic E-state index is 9.88. The van der Waals surface area contributed by atoms with Crippen molar-refractivity contribution in [2.45, 2.75) is 31.2 Å². The largest absolute Gasteiger partial charge is 0.394 e. The number of carbonyl (C=O) groups excluding carboxylic acids is 1. The molecule has 0 aliphatic carbocycles. The van der Waals surface area contributed by atoms with E-state index in [0.717, 1.165) is 0 Å². The van der Waals surface area contributed by atoms with Crippen molar-refractivity contribution < 1.29 is 25.2 Å². The van der Waals surface area contributed by atoms with E-state index in [1.807, 2.05) is 0 Å². The van der Waals surface area contributed by atoms with E-state index in [2.05, 4.69) is 0 Å². The van der Waals surface area contributed by atoms with Gasteiger partial charge in [0.2, 0.25) is 0 Å². The van der Waals surface area contributed by atoms with Crippen molar-refractivity contribution in [2.24, 2.45) is 0 Å². The highest BCUT2D eigenvalue weighted by Crippen LogP contribution is 2.04. The molecule has 5 nitrogen and oxygen atoms in total. The first-order valence-electron chi connectivity index (χ1n) is 3.70. The fourth-order valence-corrected chi connectivity index (χ4v) is 0.765. The molecule has 0 saturated carbocycles. The lowest BCUT2D eigenvalue weighted by Gasteiger charge is -2.17. The molecule has 0 aliphatic rings. The Hall–Kier alpha value is -0.490. The average molecular weight is 178 g/mol. The van der Waals surface area contributed by atoms with Gasteiger partial charge in [0.05, 0.1) is 18.8 Å². The van der Waals surface area contributed by atoms with E-state index in [0.29, 0.717) is 6.29 Å². The van der Waals surface area contributed by atoms with Gasteiger partial charge in [0.25, 0.3) is 0 Å². The van der Waals surface area contributed by atoms with Gasteiger partial charge in [0.1, 0.15) is 12.4 Å². The molecule has 72 valence electrons. The molecule has 0 amide bonds. The molecule has 12 heavy (non-hydrogen) atoms. The molecule has 0 aromatic carbocycles. The lowest BCUT2D eigenvalue weighted by molar-refractivity contribution is -0.110. The standard InChI is InChI=1S/C7H14O5/c8-2-1-5(10)3-6(11)7(12)4-9/h2,5-7,9-12H,1,3-4H2. The van der Waals surface area contributed by atoms with E-state index in [4.69, 9.17) is 20.4 Å². The molecule has 5 heteroatoms. The number of aliphatic hydroxyl groups is 4. The normalized spacial score (nSPS) is 18.3. The third-order valence-electron chi connectivity index (χ3n) is 1.51. The number of aliphatic hydroxyl groups excluding tert-OH is 4. The van der Waals surface area contributed by atoms with Crippen LogP contribution in [0.1, 0.15) is 12.8 Å². The molecule has 0 aromatic heterocycles. The molecule has 4 N–H and O–H groups in total. The number of aldehydes is 1. The summed E-state index contributed by atoms with van der Waals surface area (Å²) >= 11 is 0. The lowest BCUT2D eigenvalue weighted by atomic mass is 10.1. The number of carbonyl (C=O) groups is 1. The molecule has 0 fully saturated rings. The van der Waals surface area contributed by atoms with E-state index in [1.165, 1.54) is 0 Å². The summed E-state index contributed by atoms with van der Waals surface area (Å²) in [6, 6.07) is 0. The predicted molar refractivity (Wildman–Crippen MR) is 40.4 cm³/mol. The highest BCUT2D eigenvalue weighted by molar-refractivity contribution is 5.49. The van der Waals surface area contributed by atoms with Gasteiger partial charge in [0.15, 0.2) is 0 Å². The van der Waals surface area contributed by atoms with Crippen molar-refractivity contribution in [1.29, 1.82) is 0 Å². The van der Waals surface area contributed by atoms with Gasteiger partial charge in [-0.15, -0.1) is 0 Å². The van der Waals surface area contributed by atoms with Crippen LogP contribution >= 0.6 is 0 Å². The van der Waals surface area contributed by atoms with Crippen molar-refractivity contribution in [3.8, 4) is 0 Å². The smallest absolute Gasteiger partial charge is 0.122 e.